The fourth-order valence-electron chi connectivity index (χ4n) is 2.22. The Morgan fingerprint density at radius 1 is 1.50 bits per heavy atom. The number of hydrogen-bond acceptors (Lipinski definition) is 2. The first kappa shape index (κ1) is 11.3. The number of nitrogens with zero attached hydrogens (tertiary/aromatic N) is 3. The lowest BCUT2D eigenvalue weighted by molar-refractivity contribution is 0.0967. The Hall–Kier alpha value is -1.84. The van der Waals surface area contributed by atoms with Crippen LogP contribution < -0.4 is 0 Å². The molecule has 3 rings (SSSR count). The van der Waals surface area contributed by atoms with Crippen LogP contribution >= 0.6 is 0 Å². The molecule has 2 aromatic heterocycles. The highest BCUT2D eigenvalue weighted by Gasteiger charge is 2.30. The first-order chi connectivity index (χ1) is 8.78. The summed E-state index contributed by atoms with van der Waals surface area (Å²) in [7, 11) is 0. The van der Waals surface area contributed by atoms with E-state index in [0.717, 1.165) is 31.5 Å². The van der Waals surface area contributed by atoms with E-state index in [4.69, 9.17) is 0 Å². The van der Waals surface area contributed by atoms with Crippen LogP contribution in [-0.4, -0.2) is 19.9 Å². The summed E-state index contributed by atoms with van der Waals surface area (Å²) in [6, 6.07) is 1.92. The highest BCUT2D eigenvalue weighted by Crippen LogP contribution is 2.32. The zero-order chi connectivity index (χ0) is 12.5. The first-order valence-electron chi connectivity index (χ1n) is 6.47. The van der Waals surface area contributed by atoms with Gasteiger partial charge in [0.2, 0.25) is 0 Å². The van der Waals surface area contributed by atoms with Crippen molar-refractivity contribution in [3.63, 3.8) is 0 Å². The SMILES string of the molecule is CCn1cncc1Cn1ccc(C(=O)C2CC2)c1. The zero-order valence-electron chi connectivity index (χ0n) is 10.5. The van der Waals surface area contributed by atoms with Gasteiger partial charge >= 0.3 is 0 Å². The molecular formula is C14H17N3O. The van der Waals surface area contributed by atoms with Crippen LogP contribution in [0.25, 0.3) is 0 Å². The van der Waals surface area contributed by atoms with E-state index in [9.17, 15) is 4.79 Å². The van der Waals surface area contributed by atoms with Crippen molar-refractivity contribution in [2.24, 2.45) is 5.92 Å². The number of carbonyl (C=O) groups is 1. The Morgan fingerprint density at radius 3 is 3.06 bits per heavy atom. The van der Waals surface area contributed by atoms with Gasteiger partial charge in [-0.05, 0) is 25.8 Å². The van der Waals surface area contributed by atoms with E-state index in [1.165, 1.54) is 5.69 Å². The zero-order valence-corrected chi connectivity index (χ0v) is 10.5. The lowest BCUT2D eigenvalue weighted by Gasteiger charge is -2.05. The van der Waals surface area contributed by atoms with Crippen molar-refractivity contribution in [1.29, 1.82) is 0 Å². The van der Waals surface area contributed by atoms with Crippen molar-refractivity contribution in [3.8, 4) is 0 Å². The molecule has 0 bridgehead atoms. The van der Waals surface area contributed by atoms with Crippen LogP contribution in [0.4, 0.5) is 0 Å². The van der Waals surface area contributed by atoms with E-state index in [1.54, 1.807) is 0 Å². The predicted molar refractivity (Wildman–Crippen MR) is 68.5 cm³/mol. The van der Waals surface area contributed by atoms with Crippen LogP contribution in [0.5, 0.6) is 0 Å². The van der Waals surface area contributed by atoms with Gasteiger partial charge in [-0.1, -0.05) is 0 Å². The minimum Gasteiger partial charge on any atom is -0.348 e. The Labute approximate surface area is 106 Å². The number of aromatic nitrogens is 3. The standard InChI is InChI=1S/C14H17N3O/c1-2-17-10-15-7-13(17)9-16-6-5-12(8-16)14(18)11-3-4-11/h5-8,10-11H,2-4,9H2,1H3. The van der Waals surface area contributed by atoms with Gasteiger partial charge in [0.05, 0.1) is 18.6 Å². The van der Waals surface area contributed by atoms with Crippen LogP contribution in [0.1, 0.15) is 35.8 Å². The van der Waals surface area contributed by atoms with E-state index < -0.39 is 0 Å². The molecule has 94 valence electrons. The van der Waals surface area contributed by atoms with Crippen LogP contribution in [0, 0.1) is 5.92 Å². The maximum atomic E-state index is 11.9. The maximum absolute atomic E-state index is 11.9. The van der Waals surface area contributed by atoms with Gasteiger partial charge in [-0.15, -0.1) is 0 Å². The third kappa shape index (κ3) is 2.10. The minimum absolute atomic E-state index is 0.294. The summed E-state index contributed by atoms with van der Waals surface area (Å²) < 4.78 is 4.17. The quantitative estimate of drug-likeness (QED) is 0.756. The molecule has 1 saturated carbocycles. The molecule has 0 aliphatic heterocycles. The third-order valence-corrected chi connectivity index (χ3v) is 3.47. The van der Waals surface area contributed by atoms with E-state index in [2.05, 4.69) is 21.0 Å². The lowest BCUT2D eigenvalue weighted by atomic mass is 10.1. The second-order valence-corrected chi connectivity index (χ2v) is 4.88. The highest BCUT2D eigenvalue weighted by molar-refractivity contribution is 5.99. The van der Waals surface area contributed by atoms with Crippen LogP contribution in [0.2, 0.25) is 0 Å². The Morgan fingerprint density at radius 2 is 2.33 bits per heavy atom. The summed E-state index contributed by atoms with van der Waals surface area (Å²) in [5, 5.41) is 0. The van der Waals surface area contributed by atoms with Crippen molar-refractivity contribution in [2.75, 3.05) is 0 Å². The first-order valence-corrected chi connectivity index (χ1v) is 6.47. The van der Waals surface area contributed by atoms with Gasteiger partial charge in [0.1, 0.15) is 0 Å². The summed E-state index contributed by atoms with van der Waals surface area (Å²) in [4.78, 5) is 16.1. The van der Waals surface area contributed by atoms with E-state index >= 15 is 0 Å². The predicted octanol–water partition coefficient (Wildman–Crippen LogP) is 2.35. The minimum atomic E-state index is 0.294. The normalized spacial score (nSPS) is 14.9. The summed E-state index contributed by atoms with van der Waals surface area (Å²) >= 11 is 0. The number of ketones is 1. The monoisotopic (exact) mass is 243 g/mol. The number of hydrogen-bond donors (Lipinski definition) is 0. The molecule has 0 saturated heterocycles. The van der Waals surface area contributed by atoms with Crippen molar-refractivity contribution in [2.45, 2.75) is 32.9 Å². The molecule has 1 aliphatic rings. The van der Waals surface area contributed by atoms with Gasteiger partial charge in [0.25, 0.3) is 0 Å². The Bertz CT molecular complexity index is 563. The smallest absolute Gasteiger partial charge is 0.167 e. The molecule has 0 unspecified atom stereocenters. The molecule has 0 spiro atoms. The molecule has 2 heterocycles. The molecule has 4 heteroatoms. The summed E-state index contributed by atoms with van der Waals surface area (Å²) in [6.07, 6.45) is 9.77. The largest absolute Gasteiger partial charge is 0.348 e. The number of Topliss-reactive ketones (excluding diaryl/α,β-unsaturated/α-hetero) is 1. The Balaban J connectivity index is 1.75. The molecule has 4 nitrogen and oxygen atoms in total. The van der Waals surface area contributed by atoms with Crippen LogP contribution in [0.3, 0.4) is 0 Å². The van der Waals surface area contributed by atoms with Crippen molar-refractivity contribution >= 4 is 5.78 Å². The van der Waals surface area contributed by atoms with Crippen molar-refractivity contribution in [3.05, 3.63) is 42.2 Å². The number of aryl methyl sites for hydroxylation is 1. The molecule has 0 radical (unpaired) electrons. The van der Waals surface area contributed by atoms with Crippen molar-refractivity contribution in [1.82, 2.24) is 14.1 Å². The van der Waals surface area contributed by atoms with Gasteiger partial charge in [-0.3, -0.25) is 4.79 Å². The average molecular weight is 243 g/mol. The topological polar surface area (TPSA) is 39.8 Å². The summed E-state index contributed by atoms with van der Waals surface area (Å²) in [5.74, 6) is 0.597. The van der Waals surface area contributed by atoms with Crippen LogP contribution in [-0.2, 0) is 13.1 Å². The molecule has 0 N–H and O–H groups in total. The molecule has 0 atom stereocenters. The summed E-state index contributed by atoms with van der Waals surface area (Å²) in [5.41, 5.74) is 2.01. The summed E-state index contributed by atoms with van der Waals surface area (Å²) in [6.45, 7) is 3.79. The van der Waals surface area contributed by atoms with Crippen molar-refractivity contribution < 1.29 is 4.79 Å². The second kappa shape index (κ2) is 4.44. The van der Waals surface area contributed by atoms with Gasteiger partial charge < -0.3 is 9.13 Å². The maximum Gasteiger partial charge on any atom is 0.167 e. The third-order valence-electron chi connectivity index (χ3n) is 3.47. The Kier molecular flexibility index (Phi) is 2.78. The number of imidazole rings is 1. The van der Waals surface area contributed by atoms with E-state index in [0.29, 0.717) is 11.7 Å². The number of rotatable bonds is 5. The van der Waals surface area contributed by atoms with E-state index in [1.807, 2.05) is 31.0 Å². The lowest BCUT2D eigenvalue weighted by Crippen LogP contribution is -2.05. The van der Waals surface area contributed by atoms with Gasteiger partial charge in [-0.2, -0.15) is 0 Å². The van der Waals surface area contributed by atoms with Gasteiger partial charge in [-0.25, -0.2) is 4.98 Å². The fourth-order valence-corrected chi connectivity index (χ4v) is 2.22. The highest BCUT2D eigenvalue weighted by atomic mass is 16.1. The molecular weight excluding hydrogens is 226 g/mol. The molecule has 1 aliphatic carbocycles. The van der Waals surface area contributed by atoms with E-state index in [-0.39, 0.29) is 0 Å². The molecule has 18 heavy (non-hydrogen) atoms. The molecule has 0 aromatic carbocycles. The molecule has 0 amide bonds. The van der Waals surface area contributed by atoms with Crippen LogP contribution in [0.15, 0.2) is 31.0 Å². The molecule has 2 aromatic rings. The fraction of sp³-hybridized carbons (Fsp3) is 0.429. The van der Waals surface area contributed by atoms with Gasteiger partial charge in [0.15, 0.2) is 5.78 Å². The average Bonchev–Trinajstić information content (AvgIpc) is 2.96. The van der Waals surface area contributed by atoms with Gasteiger partial charge in [0, 0.05) is 36.6 Å². The number of carbonyl (C=O) groups excluding carboxylic acids is 1. The second-order valence-electron chi connectivity index (χ2n) is 4.88. The molecule has 1 fully saturated rings.